The second-order valence-electron chi connectivity index (χ2n) is 17.1. The number of carbonyl (C=O) groups excluding carboxylic acids is 1. The van der Waals surface area contributed by atoms with Gasteiger partial charge in [-0.3, -0.25) is 20.1 Å². The zero-order valence-corrected chi connectivity index (χ0v) is 40.7. The first-order valence-corrected chi connectivity index (χ1v) is 24.3. The summed E-state index contributed by atoms with van der Waals surface area (Å²) in [4.78, 5) is 33.1. The molecule has 4 aliphatic rings. The second-order valence-corrected chi connectivity index (χ2v) is 17.1. The number of aromatic nitrogens is 6. The fourth-order valence-electron chi connectivity index (χ4n) is 8.92. The fraction of sp³-hybridized carbons (Fsp3) is 0.500. The Bertz CT molecular complexity index is 2660. The summed E-state index contributed by atoms with van der Waals surface area (Å²) in [5, 5.41) is 37.4. The average molecular weight is 956 g/mol. The number of morpholine rings is 2. The van der Waals surface area contributed by atoms with Gasteiger partial charge in [0.15, 0.2) is 0 Å². The van der Waals surface area contributed by atoms with E-state index in [-0.39, 0.29) is 24.2 Å². The topological polar surface area (TPSA) is 229 Å². The van der Waals surface area contributed by atoms with E-state index in [1.807, 2.05) is 45.3 Å². The molecule has 20 nitrogen and oxygen atoms in total. The number of fused-ring (bicyclic) bond motifs is 2. The SMILES string of the molecule is C=N/C=C\C(C)=N/CNC1CCC(Oc2cc(N3CCOCC3)cn3ncc(C#N)c23)CC1.CC.CNC(=O)c1ccnc(NC2CCC(Oc3cc(N4CCOCC4)cn4ncc(C#N)c34)CC2)n1. The van der Waals surface area contributed by atoms with Gasteiger partial charge in [0.1, 0.15) is 51.5 Å². The van der Waals surface area contributed by atoms with Gasteiger partial charge in [-0.15, -0.1) is 0 Å². The van der Waals surface area contributed by atoms with Crippen LogP contribution in [-0.4, -0.2) is 138 Å². The van der Waals surface area contributed by atoms with Crippen LogP contribution in [0.25, 0.3) is 11.0 Å². The van der Waals surface area contributed by atoms with Crippen LogP contribution in [0.4, 0.5) is 17.3 Å². The Morgan fingerprint density at radius 2 is 1.34 bits per heavy atom. The highest BCUT2D eigenvalue weighted by Crippen LogP contribution is 2.35. The first kappa shape index (κ1) is 50.7. The summed E-state index contributed by atoms with van der Waals surface area (Å²) < 4.78 is 27.4. The lowest BCUT2D eigenvalue weighted by atomic mass is 9.93. The number of hydrogen-bond acceptors (Lipinski definition) is 17. The van der Waals surface area contributed by atoms with Crippen LogP contribution in [0.1, 0.15) is 93.8 Å². The smallest absolute Gasteiger partial charge is 0.269 e. The van der Waals surface area contributed by atoms with Crippen molar-refractivity contribution in [2.75, 3.05) is 81.4 Å². The van der Waals surface area contributed by atoms with Crippen molar-refractivity contribution in [1.82, 2.24) is 39.8 Å². The number of allylic oxidation sites excluding steroid dienone is 1. The van der Waals surface area contributed by atoms with Gasteiger partial charge in [-0.1, -0.05) is 13.8 Å². The molecular formula is C50H65N15O5. The number of rotatable bonds is 14. The van der Waals surface area contributed by atoms with E-state index in [9.17, 15) is 15.3 Å². The lowest BCUT2D eigenvalue weighted by molar-refractivity contribution is 0.0958. The van der Waals surface area contributed by atoms with Crippen molar-refractivity contribution in [2.45, 2.75) is 96.4 Å². The molecule has 70 heavy (non-hydrogen) atoms. The molecule has 7 heterocycles. The van der Waals surface area contributed by atoms with Gasteiger partial charge in [0.05, 0.1) is 81.5 Å². The van der Waals surface area contributed by atoms with E-state index < -0.39 is 0 Å². The minimum atomic E-state index is -0.241. The number of amides is 1. The molecule has 3 N–H and O–H groups in total. The van der Waals surface area contributed by atoms with Crippen molar-refractivity contribution in [3.05, 3.63) is 78.3 Å². The van der Waals surface area contributed by atoms with E-state index in [0.717, 1.165) is 106 Å². The van der Waals surface area contributed by atoms with Gasteiger partial charge < -0.3 is 39.4 Å². The largest absolute Gasteiger partial charge is 0.488 e. The summed E-state index contributed by atoms with van der Waals surface area (Å²) in [6.07, 6.45) is 19.7. The zero-order chi connectivity index (χ0) is 49.2. The van der Waals surface area contributed by atoms with Gasteiger partial charge in [0.25, 0.3) is 5.91 Å². The van der Waals surface area contributed by atoms with Crippen LogP contribution < -0.4 is 35.2 Å². The molecule has 0 aromatic carbocycles. The van der Waals surface area contributed by atoms with Crippen LogP contribution in [-0.2, 0) is 9.47 Å². The van der Waals surface area contributed by atoms with Crippen molar-refractivity contribution in [2.24, 2.45) is 9.98 Å². The van der Waals surface area contributed by atoms with Crippen molar-refractivity contribution in [1.29, 1.82) is 10.5 Å². The van der Waals surface area contributed by atoms with Crippen LogP contribution in [0.2, 0.25) is 0 Å². The van der Waals surface area contributed by atoms with Crippen LogP contribution in [0.5, 0.6) is 11.5 Å². The molecule has 0 spiro atoms. The van der Waals surface area contributed by atoms with Crippen molar-refractivity contribution in [3.63, 3.8) is 0 Å². The molecule has 0 radical (unpaired) electrons. The maximum atomic E-state index is 11.8. The van der Waals surface area contributed by atoms with E-state index in [0.29, 0.717) is 73.2 Å². The number of carbonyl (C=O) groups is 1. The summed E-state index contributed by atoms with van der Waals surface area (Å²) in [6, 6.07) is 10.8. The van der Waals surface area contributed by atoms with Gasteiger partial charge in [-0.25, -0.2) is 19.0 Å². The highest BCUT2D eigenvalue weighted by Gasteiger charge is 2.27. The van der Waals surface area contributed by atoms with Crippen LogP contribution in [0, 0.1) is 22.7 Å². The zero-order valence-electron chi connectivity index (χ0n) is 40.7. The molecule has 2 saturated carbocycles. The summed E-state index contributed by atoms with van der Waals surface area (Å²) in [5.41, 5.74) is 5.76. The molecule has 370 valence electrons. The molecule has 9 rings (SSSR count). The molecule has 1 amide bonds. The van der Waals surface area contributed by atoms with Gasteiger partial charge in [-0.2, -0.15) is 20.7 Å². The van der Waals surface area contributed by atoms with Gasteiger partial charge in [-0.05, 0) is 77.2 Å². The molecule has 5 aromatic rings. The van der Waals surface area contributed by atoms with E-state index in [1.165, 1.54) is 0 Å². The molecule has 4 fully saturated rings. The first-order valence-electron chi connectivity index (χ1n) is 24.3. The highest BCUT2D eigenvalue weighted by atomic mass is 16.5. The van der Waals surface area contributed by atoms with Crippen LogP contribution in [0.3, 0.4) is 0 Å². The average Bonchev–Trinajstić information content (AvgIpc) is 4.05. The van der Waals surface area contributed by atoms with Gasteiger partial charge in [0.2, 0.25) is 5.95 Å². The molecule has 20 heteroatoms. The molecule has 5 aromatic heterocycles. The monoisotopic (exact) mass is 956 g/mol. The quantitative estimate of drug-likeness (QED) is 0.109. The number of aliphatic imine (C=N–C) groups is 2. The Kier molecular flexibility index (Phi) is 18.5. The summed E-state index contributed by atoms with van der Waals surface area (Å²) in [5.74, 6) is 1.62. The molecule has 0 bridgehead atoms. The van der Waals surface area contributed by atoms with E-state index >= 15 is 0 Å². The lowest BCUT2D eigenvalue weighted by Crippen LogP contribution is -2.37. The Hall–Kier alpha value is -7.13. The Morgan fingerprint density at radius 3 is 1.83 bits per heavy atom. The third-order valence-corrected chi connectivity index (χ3v) is 12.6. The number of anilines is 3. The molecule has 2 aliphatic carbocycles. The predicted octanol–water partition coefficient (Wildman–Crippen LogP) is 5.98. The normalized spacial score (nSPS) is 20.6. The van der Waals surface area contributed by atoms with Gasteiger partial charge >= 0.3 is 0 Å². The minimum Gasteiger partial charge on any atom is -0.488 e. The summed E-state index contributed by atoms with van der Waals surface area (Å²) >= 11 is 0. The molecule has 0 atom stereocenters. The number of pyridine rings is 2. The maximum absolute atomic E-state index is 11.8. The van der Waals surface area contributed by atoms with E-state index in [4.69, 9.17) is 18.9 Å². The number of nitrogens with one attached hydrogen (secondary N) is 3. The standard InChI is InChI=1S/C24H28N8O3.C24H31N7O2.C2H6/c1-26-23(33)20-6-7-27-24(30-20)29-17-2-4-19(5-3-17)35-21-12-18(31-8-10-34-11-9-31)15-32-22(21)16(13-25)14-28-32;1-18(7-8-26-2)27-17-28-20-3-5-22(6-4-20)33-23-13-21(30-9-11-32-12-10-30)16-31-24(23)19(14-25)15-29-31;1-2/h6-7,12,14-15,17,19H,2-5,8-11H2,1H3,(H,26,33)(H,27,29,30);7-8,13,15-16,20,22,28H,2-6,9-12,17H2,1H3;1-2H3/b;8-7-,27-18-;. The van der Waals surface area contributed by atoms with Gasteiger partial charge in [0, 0.05) is 75.6 Å². The number of nitrogens with zero attached hydrogens (tertiary/aromatic N) is 12. The third kappa shape index (κ3) is 13.1. The van der Waals surface area contributed by atoms with Crippen molar-refractivity contribution >= 4 is 46.7 Å². The Balaban J connectivity index is 0.000000200. The van der Waals surface area contributed by atoms with Crippen LogP contribution >= 0.6 is 0 Å². The van der Waals surface area contributed by atoms with E-state index in [2.05, 4.69) is 80.8 Å². The highest BCUT2D eigenvalue weighted by molar-refractivity contribution is 5.93. The fourth-order valence-corrected chi connectivity index (χ4v) is 8.92. The number of ether oxygens (including phenoxy) is 4. The minimum absolute atomic E-state index is 0.0244. The van der Waals surface area contributed by atoms with Crippen molar-refractivity contribution in [3.8, 4) is 23.6 Å². The summed E-state index contributed by atoms with van der Waals surface area (Å²) in [7, 11) is 1.58. The lowest BCUT2D eigenvalue weighted by Gasteiger charge is -2.31. The van der Waals surface area contributed by atoms with Crippen molar-refractivity contribution < 1.29 is 23.7 Å². The number of hydrogen-bond donors (Lipinski definition) is 3. The predicted molar refractivity (Wildman–Crippen MR) is 269 cm³/mol. The third-order valence-electron chi connectivity index (χ3n) is 12.6. The molecule has 0 unspecified atom stereocenters. The summed E-state index contributed by atoms with van der Waals surface area (Å²) in [6.45, 7) is 16.0. The molecular weight excluding hydrogens is 891 g/mol. The number of nitriles is 2. The Morgan fingerprint density at radius 1 is 0.829 bits per heavy atom. The first-order chi connectivity index (χ1) is 34.3. The molecule has 2 aliphatic heterocycles. The second kappa shape index (κ2) is 25.5. The van der Waals surface area contributed by atoms with E-state index in [1.54, 1.807) is 46.9 Å². The van der Waals surface area contributed by atoms with Crippen LogP contribution in [0.15, 0.2) is 71.4 Å². The Labute approximate surface area is 409 Å². The maximum Gasteiger partial charge on any atom is 0.269 e. The molecule has 2 saturated heterocycles.